The Morgan fingerprint density at radius 1 is 1.07 bits per heavy atom. The second kappa shape index (κ2) is 8.19. The van der Waals surface area contributed by atoms with E-state index in [1.165, 1.54) is 12.1 Å². The number of para-hydroxylation sites is 1. The lowest BCUT2D eigenvalue weighted by atomic mass is 10.1. The van der Waals surface area contributed by atoms with Gasteiger partial charge in [-0.1, -0.05) is 54.2 Å². The van der Waals surface area contributed by atoms with E-state index in [4.69, 9.17) is 23.2 Å². The Balaban J connectivity index is 1.91. The van der Waals surface area contributed by atoms with Crippen LogP contribution in [0.25, 0.3) is 0 Å². The summed E-state index contributed by atoms with van der Waals surface area (Å²) in [6.07, 6.45) is 3.58. The molecule has 0 radical (unpaired) electrons. The van der Waals surface area contributed by atoms with E-state index in [9.17, 15) is 13.2 Å². The first-order chi connectivity index (χ1) is 12.8. The summed E-state index contributed by atoms with van der Waals surface area (Å²) in [5, 5.41) is 2.83. The predicted octanol–water partition coefficient (Wildman–Crippen LogP) is 4.78. The first-order valence-electron chi connectivity index (χ1n) is 8.66. The molecular formula is C19H20Cl2N2O3S. The van der Waals surface area contributed by atoms with Crippen molar-refractivity contribution in [2.75, 3.05) is 5.32 Å². The van der Waals surface area contributed by atoms with Crippen LogP contribution in [0.4, 0.5) is 5.69 Å². The Kier molecular flexibility index (Phi) is 6.11. The molecule has 144 valence electrons. The molecule has 0 bridgehead atoms. The molecule has 0 unspecified atom stereocenters. The molecule has 2 aromatic carbocycles. The minimum Gasteiger partial charge on any atom is -0.322 e. The Hall–Kier alpha value is -1.60. The van der Waals surface area contributed by atoms with E-state index in [0.29, 0.717) is 5.69 Å². The molecule has 0 saturated heterocycles. The van der Waals surface area contributed by atoms with Crippen molar-refractivity contribution in [3.8, 4) is 0 Å². The molecule has 8 heteroatoms. The summed E-state index contributed by atoms with van der Waals surface area (Å²) in [5.41, 5.74) is 1.56. The molecule has 5 nitrogen and oxygen atoms in total. The molecule has 1 aliphatic carbocycles. The Morgan fingerprint density at radius 3 is 2.41 bits per heavy atom. The lowest BCUT2D eigenvalue weighted by molar-refractivity contribution is 0.102. The molecule has 1 saturated carbocycles. The first kappa shape index (κ1) is 20.1. The van der Waals surface area contributed by atoms with Crippen molar-refractivity contribution >= 4 is 44.8 Å². The van der Waals surface area contributed by atoms with E-state index in [0.717, 1.165) is 31.2 Å². The van der Waals surface area contributed by atoms with Gasteiger partial charge in [0.2, 0.25) is 10.0 Å². The standard InChI is InChI=1S/C19H20Cl2N2O3S/c1-12-6-2-5-9-17(12)22-19(24)14-10-18(16(21)11-15(14)20)27(25,26)23-13-7-3-4-8-13/h2,5-6,9-11,13,23H,3-4,7-8H2,1H3,(H,22,24). The maximum Gasteiger partial charge on any atom is 0.257 e. The molecule has 0 atom stereocenters. The van der Waals surface area contributed by atoms with Crippen LogP contribution in [0.1, 0.15) is 41.6 Å². The van der Waals surface area contributed by atoms with Crippen LogP contribution in [0, 0.1) is 6.92 Å². The number of sulfonamides is 1. The highest BCUT2D eigenvalue weighted by molar-refractivity contribution is 7.89. The molecule has 0 spiro atoms. The number of hydrogen-bond acceptors (Lipinski definition) is 3. The summed E-state index contributed by atoms with van der Waals surface area (Å²) in [7, 11) is -3.85. The van der Waals surface area contributed by atoms with Crippen molar-refractivity contribution < 1.29 is 13.2 Å². The highest BCUT2D eigenvalue weighted by atomic mass is 35.5. The van der Waals surface area contributed by atoms with Gasteiger partial charge in [-0.3, -0.25) is 4.79 Å². The lowest BCUT2D eigenvalue weighted by Gasteiger charge is -2.15. The maximum absolute atomic E-state index is 12.7. The normalized spacial score (nSPS) is 15.1. The van der Waals surface area contributed by atoms with Crippen molar-refractivity contribution in [2.24, 2.45) is 0 Å². The molecule has 27 heavy (non-hydrogen) atoms. The maximum atomic E-state index is 12.7. The Labute approximate surface area is 169 Å². The van der Waals surface area contributed by atoms with Gasteiger partial charge >= 0.3 is 0 Å². The van der Waals surface area contributed by atoms with Crippen molar-refractivity contribution in [1.82, 2.24) is 4.72 Å². The number of amides is 1. The fourth-order valence-corrected chi connectivity index (χ4v) is 5.30. The van der Waals surface area contributed by atoms with Crippen LogP contribution in [0.3, 0.4) is 0 Å². The molecule has 1 fully saturated rings. The molecule has 1 aliphatic rings. The zero-order chi connectivity index (χ0) is 19.6. The summed E-state index contributed by atoms with van der Waals surface area (Å²) in [6.45, 7) is 1.86. The van der Waals surface area contributed by atoms with Gasteiger partial charge in [0.1, 0.15) is 4.90 Å². The van der Waals surface area contributed by atoms with Gasteiger partial charge in [-0.2, -0.15) is 0 Å². The minimum absolute atomic E-state index is 0.0158. The number of nitrogens with one attached hydrogen (secondary N) is 2. The summed E-state index contributed by atoms with van der Waals surface area (Å²) >= 11 is 12.3. The van der Waals surface area contributed by atoms with Gasteiger partial charge in [0, 0.05) is 11.7 Å². The van der Waals surface area contributed by atoms with Gasteiger partial charge in [-0.05, 0) is 43.5 Å². The van der Waals surface area contributed by atoms with Gasteiger partial charge in [-0.25, -0.2) is 13.1 Å². The van der Waals surface area contributed by atoms with E-state index in [1.807, 2.05) is 19.1 Å². The van der Waals surface area contributed by atoms with Crippen LogP contribution in [0.5, 0.6) is 0 Å². The number of anilines is 1. The van der Waals surface area contributed by atoms with Gasteiger partial charge in [-0.15, -0.1) is 0 Å². The zero-order valence-electron chi connectivity index (χ0n) is 14.8. The van der Waals surface area contributed by atoms with Gasteiger partial charge in [0.05, 0.1) is 15.6 Å². The summed E-state index contributed by atoms with van der Waals surface area (Å²) < 4.78 is 28.1. The second-order valence-corrected chi connectivity index (χ2v) is 9.13. The Bertz CT molecular complexity index is 971. The molecule has 0 heterocycles. The second-order valence-electron chi connectivity index (χ2n) is 6.63. The minimum atomic E-state index is -3.85. The molecule has 0 aromatic heterocycles. The average molecular weight is 427 g/mol. The summed E-state index contributed by atoms with van der Waals surface area (Å²) in [4.78, 5) is 12.5. The SMILES string of the molecule is Cc1ccccc1NC(=O)c1cc(S(=O)(=O)NC2CCCC2)c(Cl)cc1Cl. The number of aryl methyl sites for hydroxylation is 1. The molecule has 1 amide bonds. The van der Waals surface area contributed by atoms with Crippen LogP contribution in [-0.4, -0.2) is 20.4 Å². The molecule has 2 N–H and O–H groups in total. The zero-order valence-corrected chi connectivity index (χ0v) is 17.1. The van der Waals surface area contributed by atoms with E-state index in [2.05, 4.69) is 10.0 Å². The molecule has 2 aromatic rings. The largest absolute Gasteiger partial charge is 0.322 e. The number of benzene rings is 2. The van der Waals surface area contributed by atoms with E-state index >= 15 is 0 Å². The molecule has 0 aliphatic heterocycles. The lowest BCUT2D eigenvalue weighted by Crippen LogP contribution is -2.33. The quantitative estimate of drug-likeness (QED) is 0.722. The van der Waals surface area contributed by atoms with E-state index < -0.39 is 15.9 Å². The van der Waals surface area contributed by atoms with Crippen molar-refractivity contribution in [3.05, 3.63) is 57.6 Å². The predicted molar refractivity (Wildman–Crippen MR) is 108 cm³/mol. The third kappa shape index (κ3) is 4.63. The monoisotopic (exact) mass is 426 g/mol. The van der Waals surface area contributed by atoms with Crippen molar-refractivity contribution in [1.29, 1.82) is 0 Å². The van der Waals surface area contributed by atoms with Gasteiger partial charge < -0.3 is 5.32 Å². The van der Waals surface area contributed by atoms with Crippen LogP contribution >= 0.6 is 23.2 Å². The highest BCUT2D eigenvalue weighted by Crippen LogP contribution is 2.30. The molecule has 3 rings (SSSR count). The summed E-state index contributed by atoms with van der Waals surface area (Å²) in [5.74, 6) is -0.497. The number of halogens is 2. The molecular weight excluding hydrogens is 407 g/mol. The number of carbonyl (C=O) groups excluding carboxylic acids is 1. The van der Waals surface area contributed by atoms with Crippen LogP contribution in [-0.2, 0) is 10.0 Å². The van der Waals surface area contributed by atoms with Gasteiger partial charge in [0.25, 0.3) is 5.91 Å². The first-order valence-corrected chi connectivity index (χ1v) is 10.9. The third-order valence-corrected chi connectivity index (χ3v) is 6.92. The van der Waals surface area contributed by atoms with Crippen LogP contribution < -0.4 is 10.0 Å². The van der Waals surface area contributed by atoms with Crippen molar-refractivity contribution in [2.45, 2.75) is 43.5 Å². The van der Waals surface area contributed by atoms with Crippen LogP contribution in [0.15, 0.2) is 41.3 Å². The fourth-order valence-electron chi connectivity index (χ4n) is 3.14. The fraction of sp³-hybridized carbons (Fsp3) is 0.316. The van der Waals surface area contributed by atoms with Crippen LogP contribution in [0.2, 0.25) is 10.0 Å². The summed E-state index contributed by atoms with van der Waals surface area (Å²) in [6, 6.07) is 9.70. The van der Waals surface area contributed by atoms with Crippen molar-refractivity contribution in [3.63, 3.8) is 0 Å². The smallest absolute Gasteiger partial charge is 0.257 e. The Morgan fingerprint density at radius 2 is 1.74 bits per heavy atom. The highest BCUT2D eigenvalue weighted by Gasteiger charge is 2.27. The number of rotatable bonds is 5. The average Bonchev–Trinajstić information content (AvgIpc) is 3.08. The number of carbonyl (C=O) groups is 1. The number of hydrogen-bond donors (Lipinski definition) is 2. The van der Waals surface area contributed by atoms with Gasteiger partial charge in [0.15, 0.2) is 0 Å². The topological polar surface area (TPSA) is 75.3 Å². The third-order valence-electron chi connectivity index (χ3n) is 4.63. The van der Waals surface area contributed by atoms with E-state index in [1.54, 1.807) is 12.1 Å². The van der Waals surface area contributed by atoms with E-state index in [-0.39, 0.29) is 26.5 Å².